The first-order valence-electron chi connectivity index (χ1n) is 9.52. The first-order chi connectivity index (χ1) is 10.8. The molecule has 0 spiro atoms. The van der Waals surface area contributed by atoms with Crippen molar-refractivity contribution in [3.05, 3.63) is 0 Å². The molecule has 0 radical (unpaired) electrons. The summed E-state index contributed by atoms with van der Waals surface area (Å²) < 4.78 is 5.24. The average Bonchev–Trinajstić information content (AvgIpc) is 2.55. The lowest BCUT2D eigenvalue weighted by Crippen LogP contribution is -2.05. The van der Waals surface area contributed by atoms with Gasteiger partial charge >= 0.3 is 5.97 Å². The summed E-state index contributed by atoms with van der Waals surface area (Å²) in [7, 11) is 0. The topological polar surface area (TPSA) is 26.3 Å². The standard InChI is InChI=1S/C17H33BrO2.C2H6/c1-2-3-4-10-13-16-20-17(19)14-11-8-6-5-7-9-12-15-18;1-2/h2-16H2,1H3;1-2H3. The quantitative estimate of drug-likeness (QED) is 0.173. The number of carbonyl (C=O) groups excluding carboxylic acids is 1. The summed E-state index contributed by atoms with van der Waals surface area (Å²) in [5, 5.41) is 1.12. The molecule has 0 aliphatic carbocycles. The first kappa shape index (κ1) is 24.2. The molecule has 134 valence electrons. The second kappa shape index (κ2) is 23.2. The van der Waals surface area contributed by atoms with Gasteiger partial charge in [0.1, 0.15) is 0 Å². The second-order valence-electron chi connectivity index (χ2n) is 5.55. The van der Waals surface area contributed by atoms with Gasteiger partial charge in [-0.25, -0.2) is 0 Å². The summed E-state index contributed by atoms with van der Waals surface area (Å²) in [6.45, 7) is 6.83. The molecule has 22 heavy (non-hydrogen) atoms. The molecule has 0 aliphatic rings. The van der Waals surface area contributed by atoms with E-state index >= 15 is 0 Å². The summed E-state index contributed by atoms with van der Waals surface area (Å²) in [6, 6.07) is 0. The Morgan fingerprint density at radius 1 is 0.773 bits per heavy atom. The molecule has 2 nitrogen and oxygen atoms in total. The summed E-state index contributed by atoms with van der Waals surface area (Å²) in [5.41, 5.74) is 0. The molecule has 0 fully saturated rings. The van der Waals surface area contributed by atoms with Crippen LogP contribution >= 0.6 is 15.9 Å². The number of rotatable bonds is 15. The largest absolute Gasteiger partial charge is 0.466 e. The lowest BCUT2D eigenvalue weighted by molar-refractivity contribution is -0.143. The zero-order valence-corrected chi connectivity index (χ0v) is 16.9. The van der Waals surface area contributed by atoms with Crippen molar-refractivity contribution in [1.82, 2.24) is 0 Å². The van der Waals surface area contributed by atoms with Gasteiger partial charge in [-0.1, -0.05) is 94.5 Å². The van der Waals surface area contributed by atoms with Gasteiger partial charge in [-0.05, 0) is 19.3 Å². The number of esters is 1. The first-order valence-corrected chi connectivity index (χ1v) is 10.6. The molecule has 0 atom stereocenters. The lowest BCUT2D eigenvalue weighted by atomic mass is 10.1. The minimum atomic E-state index is -0.000203. The number of hydrogen-bond acceptors (Lipinski definition) is 2. The van der Waals surface area contributed by atoms with Crippen molar-refractivity contribution in [3.8, 4) is 0 Å². The summed E-state index contributed by atoms with van der Waals surface area (Å²) in [6.07, 6.45) is 15.3. The maximum Gasteiger partial charge on any atom is 0.305 e. The third-order valence-electron chi connectivity index (χ3n) is 3.53. The van der Waals surface area contributed by atoms with Gasteiger partial charge in [0.25, 0.3) is 0 Å². The summed E-state index contributed by atoms with van der Waals surface area (Å²) >= 11 is 3.45. The SMILES string of the molecule is CC.CCCCCCCOC(=O)CCCCCCCCCBr. The molecule has 0 amide bonds. The van der Waals surface area contributed by atoms with Crippen LogP contribution in [0, 0.1) is 0 Å². The number of halogens is 1. The van der Waals surface area contributed by atoms with Gasteiger partial charge in [-0.15, -0.1) is 0 Å². The highest BCUT2D eigenvalue weighted by Crippen LogP contribution is 2.10. The molecule has 0 N–H and O–H groups in total. The molecule has 0 bridgehead atoms. The predicted molar refractivity (Wildman–Crippen MR) is 102 cm³/mol. The third-order valence-corrected chi connectivity index (χ3v) is 4.09. The average molecular weight is 379 g/mol. The van der Waals surface area contributed by atoms with E-state index in [1.54, 1.807) is 0 Å². The molecule has 0 saturated heterocycles. The minimum Gasteiger partial charge on any atom is -0.466 e. The van der Waals surface area contributed by atoms with Gasteiger partial charge in [-0.2, -0.15) is 0 Å². The van der Waals surface area contributed by atoms with E-state index in [0.29, 0.717) is 13.0 Å². The molecule has 0 aliphatic heterocycles. The fourth-order valence-electron chi connectivity index (χ4n) is 2.21. The van der Waals surface area contributed by atoms with Crippen molar-refractivity contribution in [2.45, 2.75) is 104 Å². The molecule has 0 aromatic carbocycles. The molecule has 0 unspecified atom stereocenters. The van der Waals surface area contributed by atoms with Crippen molar-refractivity contribution < 1.29 is 9.53 Å². The van der Waals surface area contributed by atoms with Crippen molar-refractivity contribution in [2.75, 3.05) is 11.9 Å². The van der Waals surface area contributed by atoms with Gasteiger partial charge in [-0.3, -0.25) is 4.79 Å². The maximum absolute atomic E-state index is 11.5. The van der Waals surface area contributed by atoms with E-state index in [0.717, 1.165) is 18.2 Å². The molecular weight excluding hydrogens is 340 g/mol. The van der Waals surface area contributed by atoms with Crippen LogP contribution in [0.15, 0.2) is 0 Å². The van der Waals surface area contributed by atoms with Crippen LogP contribution in [-0.4, -0.2) is 17.9 Å². The second-order valence-corrected chi connectivity index (χ2v) is 6.34. The van der Waals surface area contributed by atoms with Crippen molar-refractivity contribution >= 4 is 21.9 Å². The van der Waals surface area contributed by atoms with E-state index in [2.05, 4.69) is 22.9 Å². The molecule has 0 aromatic heterocycles. The van der Waals surface area contributed by atoms with Crippen LogP contribution in [0.4, 0.5) is 0 Å². The Morgan fingerprint density at radius 2 is 1.27 bits per heavy atom. The van der Waals surface area contributed by atoms with Crippen LogP contribution < -0.4 is 0 Å². The Morgan fingerprint density at radius 3 is 1.86 bits per heavy atom. The summed E-state index contributed by atoms with van der Waals surface area (Å²) in [4.78, 5) is 11.5. The highest BCUT2D eigenvalue weighted by atomic mass is 79.9. The van der Waals surface area contributed by atoms with E-state index in [1.165, 1.54) is 64.2 Å². The minimum absolute atomic E-state index is 0.000203. The maximum atomic E-state index is 11.5. The van der Waals surface area contributed by atoms with Gasteiger partial charge in [0.05, 0.1) is 6.61 Å². The van der Waals surface area contributed by atoms with Crippen LogP contribution in [0.2, 0.25) is 0 Å². The number of alkyl halides is 1. The van der Waals surface area contributed by atoms with Crippen LogP contribution in [-0.2, 0) is 9.53 Å². The Kier molecular flexibility index (Phi) is 25.5. The number of carbonyl (C=O) groups is 1. The van der Waals surface area contributed by atoms with Crippen LogP contribution in [0.3, 0.4) is 0 Å². The third kappa shape index (κ3) is 22.2. The van der Waals surface area contributed by atoms with E-state index in [-0.39, 0.29) is 5.97 Å². The van der Waals surface area contributed by atoms with E-state index in [4.69, 9.17) is 4.74 Å². The fraction of sp³-hybridized carbons (Fsp3) is 0.947. The Labute approximate surface area is 147 Å². The fourth-order valence-corrected chi connectivity index (χ4v) is 2.61. The molecule has 0 rings (SSSR count). The zero-order valence-electron chi connectivity index (χ0n) is 15.3. The Balaban J connectivity index is 0. The van der Waals surface area contributed by atoms with E-state index in [9.17, 15) is 4.79 Å². The van der Waals surface area contributed by atoms with E-state index < -0.39 is 0 Å². The molecule has 0 saturated carbocycles. The zero-order chi connectivity index (χ0) is 16.9. The Hall–Kier alpha value is -0.0500. The van der Waals surface area contributed by atoms with Crippen molar-refractivity contribution in [3.63, 3.8) is 0 Å². The number of hydrogen-bond donors (Lipinski definition) is 0. The molecule has 0 aromatic rings. The molecular formula is C19H39BrO2. The van der Waals surface area contributed by atoms with E-state index in [1.807, 2.05) is 13.8 Å². The van der Waals surface area contributed by atoms with Crippen LogP contribution in [0.5, 0.6) is 0 Å². The van der Waals surface area contributed by atoms with Gasteiger partial charge in [0, 0.05) is 11.8 Å². The summed E-state index contributed by atoms with van der Waals surface area (Å²) in [5.74, 6) is -0.000203. The smallest absolute Gasteiger partial charge is 0.305 e. The highest BCUT2D eigenvalue weighted by molar-refractivity contribution is 9.09. The normalized spacial score (nSPS) is 10.0. The van der Waals surface area contributed by atoms with Gasteiger partial charge in [0.15, 0.2) is 0 Å². The van der Waals surface area contributed by atoms with Crippen molar-refractivity contribution in [1.29, 1.82) is 0 Å². The lowest BCUT2D eigenvalue weighted by Gasteiger charge is -2.05. The van der Waals surface area contributed by atoms with Crippen LogP contribution in [0.25, 0.3) is 0 Å². The molecule has 0 heterocycles. The number of unbranched alkanes of at least 4 members (excludes halogenated alkanes) is 10. The highest BCUT2D eigenvalue weighted by Gasteiger charge is 2.02. The monoisotopic (exact) mass is 378 g/mol. The van der Waals surface area contributed by atoms with Crippen molar-refractivity contribution in [2.24, 2.45) is 0 Å². The number of ether oxygens (including phenoxy) is 1. The predicted octanol–water partition coefficient (Wildman–Crippen LogP) is 7.04. The van der Waals surface area contributed by atoms with Gasteiger partial charge in [0.2, 0.25) is 0 Å². The Bertz CT molecular complexity index is 208. The molecule has 3 heteroatoms. The van der Waals surface area contributed by atoms with Gasteiger partial charge < -0.3 is 4.74 Å². The van der Waals surface area contributed by atoms with Crippen LogP contribution in [0.1, 0.15) is 104 Å².